The minimum absolute atomic E-state index is 0.0189. The predicted octanol–water partition coefficient (Wildman–Crippen LogP) is 1.89. The van der Waals surface area contributed by atoms with Gasteiger partial charge in [-0.15, -0.1) is 0 Å². The Morgan fingerprint density at radius 3 is 2.91 bits per heavy atom. The van der Waals surface area contributed by atoms with Crippen LogP contribution in [0.4, 0.5) is 0 Å². The van der Waals surface area contributed by atoms with E-state index in [4.69, 9.17) is 16.3 Å². The van der Waals surface area contributed by atoms with Crippen LogP contribution >= 0.6 is 27.5 Å². The summed E-state index contributed by atoms with van der Waals surface area (Å²) in [5, 5.41) is 6.67. The van der Waals surface area contributed by atoms with Crippen molar-refractivity contribution >= 4 is 33.4 Å². The molecule has 7 heteroatoms. The molecule has 0 atom stereocenters. The molecule has 1 heterocycles. The molecule has 1 aromatic carbocycles. The first kappa shape index (κ1) is 17.5. The van der Waals surface area contributed by atoms with Crippen LogP contribution in [0.15, 0.2) is 22.7 Å². The molecule has 0 radical (unpaired) electrons. The predicted molar refractivity (Wildman–Crippen MR) is 91.6 cm³/mol. The first-order valence-electron chi connectivity index (χ1n) is 7.43. The second-order valence-corrected chi connectivity index (χ2v) is 6.48. The second kappa shape index (κ2) is 9.35. The van der Waals surface area contributed by atoms with Gasteiger partial charge < -0.3 is 20.3 Å². The number of halogens is 2. The Labute approximate surface area is 144 Å². The summed E-state index contributed by atoms with van der Waals surface area (Å²) >= 11 is 9.35. The standard InChI is InChI=1S/C15H21BrClN3O2/c16-12-2-3-14(13(17)10-12)22-11-15(21)19-4-1-7-20-8-5-18-6-9-20/h2-3,10,18H,1,4-9,11H2,(H,19,21). The Morgan fingerprint density at radius 2 is 2.18 bits per heavy atom. The quantitative estimate of drug-likeness (QED) is 0.698. The number of nitrogens with zero attached hydrogens (tertiary/aromatic N) is 1. The van der Waals surface area contributed by atoms with Gasteiger partial charge >= 0.3 is 0 Å². The Kier molecular flexibility index (Phi) is 7.45. The number of hydrogen-bond acceptors (Lipinski definition) is 4. The van der Waals surface area contributed by atoms with Gasteiger partial charge in [0.2, 0.25) is 0 Å². The maximum absolute atomic E-state index is 11.7. The molecule has 1 saturated heterocycles. The third kappa shape index (κ3) is 6.12. The van der Waals surface area contributed by atoms with Crippen molar-refractivity contribution < 1.29 is 9.53 Å². The molecule has 1 fully saturated rings. The van der Waals surface area contributed by atoms with E-state index in [1.54, 1.807) is 12.1 Å². The third-order valence-corrected chi connectivity index (χ3v) is 4.22. The van der Waals surface area contributed by atoms with Gasteiger partial charge in [-0.2, -0.15) is 0 Å². The van der Waals surface area contributed by atoms with Gasteiger partial charge in [0.05, 0.1) is 5.02 Å². The number of rotatable bonds is 7. The second-order valence-electron chi connectivity index (χ2n) is 5.16. The Bertz CT molecular complexity index is 496. The third-order valence-electron chi connectivity index (χ3n) is 3.44. The van der Waals surface area contributed by atoms with Gasteiger partial charge in [-0.25, -0.2) is 0 Å². The molecule has 2 rings (SSSR count). The van der Waals surface area contributed by atoms with E-state index in [1.165, 1.54) is 0 Å². The molecule has 0 aliphatic carbocycles. The average molecular weight is 391 g/mol. The van der Waals surface area contributed by atoms with E-state index in [1.807, 2.05) is 6.07 Å². The van der Waals surface area contributed by atoms with Crippen LogP contribution in [-0.4, -0.2) is 56.7 Å². The zero-order valence-corrected chi connectivity index (χ0v) is 14.8. The first-order valence-corrected chi connectivity index (χ1v) is 8.60. The summed E-state index contributed by atoms with van der Waals surface area (Å²) in [6.45, 7) is 5.93. The Balaban J connectivity index is 1.59. The molecular weight excluding hydrogens is 370 g/mol. The Hall–Kier alpha value is -0.820. The highest BCUT2D eigenvalue weighted by molar-refractivity contribution is 9.10. The van der Waals surface area contributed by atoms with Gasteiger partial charge in [0.1, 0.15) is 5.75 Å². The van der Waals surface area contributed by atoms with E-state index < -0.39 is 0 Å². The van der Waals surface area contributed by atoms with Crippen LogP contribution in [0.2, 0.25) is 5.02 Å². The van der Waals surface area contributed by atoms with Crippen molar-refractivity contribution in [2.45, 2.75) is 6.42 Å². The van der Waals surface area contributed by atoms with Crippen LogP contribution in [0, 0.1) is 0 Å². The zero-order valence-electron chi connectivity index (χ0n) is 12.4. The van der Waals surface area contributed by atoms with E-state index >= 15 is 0 Å². The van der Waals surface area contributed by atoms with E-state index in [-0.39, 0.29) is 12.5 Å². The molecule has 1 aromatic rings. The summed E-state index contributed by atoms with van der Waals surface area (Å²) in [5.74, 6) is 0.389. The monoisotopic (exact) mass is 389 g/mol. The molecule has 5 nitrogen and oxygen atoms in total. The number of carbonyl (C=O) groups is 1. The summed E-state index contributed by atoms with van der Waals surface area (Å²) in [6, 6.07) is 5.30. The molecule has 0 bridgehead atoms. The lowest BCUT2D eigenvalue weighted by molar-refractivity contribution is -0.123. The number of ether oxygens (including phenoxy) is 1. The molecule has 0 aromatic heterocycles. The molecule has 0 spiro atoms. The summed E-state index contributed by atoms with van der Waals surface area (Å²) in [4.78, 5) is 14.1. The normalized spacial score (nSPS) is 15.5. The SMILES string of the molecule is O=C(COc1ccc(Br)cc1Cl)NCCCN1CCNCC1. The maximum Gasteiger partial charge on any atom is 0.257 e. The van der Waals surface area contributed by atoms with Crippen LogP contribution < -0.4 is 15.4 Å². The lowest BCUT2D eigenvalue weighted by Gasteiger charge is -2.27. The van der Waals surface area contributed by atoms with Crippen molar-refractivity contribution in [2.75, 3.05) is 45.9 Å². The minimum Gasteiger partial charge on any atom is -0.482 e. The number of amides is 1. The van der Waals surface area contributed by atoms with Gasteiger partial charge in [-0.1, -0.05) is 27.5 Å². The van der Waals surface area contributed by atoms with Crippen molar-refractivity contribution in [1.29, 1.82) is 0 Å². The molecule has 1 aliphatic rings. The van der Waals surface area contributed by atoms with E-state index in [9.17, 15) is 4.79 Å². The summed E-state index contributed by atoms with van der Waals surface area (Å²) in [7, 11) is 0. The van der Waals surface area contributed by atoms with Crippen molar-refractivity contribution in [3.63, 3.8) is 0 Å². The molecule has 1 amide bonds. The minimum atomic E-state index is -0.126. The highest BCUT2D eigenvalue weighted by atomic mass is 79.9. The molecule has 122 valence electrons. The summed E-state index contributed by atoms with van der Waals surface area (Å²) < 4.78 is 6.29. The smallest absolute Gasteiger partial charge is 0.257 e. The molecule has 2 N–H and O–H groups in total. The van der Waals surface area contributed by atoms with Crippen molar-refractivity contribution in [3.05, 3.63) is 27.7 Å². The highest BCUT2D eigenvalue weighted by Crippen LogP contribution is 2.27. The largest absolute Gasteiger partial charge is 0.482 e. The number of benzene rings is 1. The molecular formula is C15H21BrClN3O2. The topological polar surface area (TPSA) is 53.6 Å². The van der Waals surface area contributed by atoms with Crippen molar-refractivity contribution in [2.24, 2.45) is 0 Å². The Morgan fingerprint density at radius 1 is 1.41 bits per heavy atom. The number of hydrogen-bond donors (Lipinski definition) is 2. The molecule has 0 saturated carbocycles. The van der Waals surface area contributed by atoms with Gasteiger partial charge in [-0.05, 0) is 31.2 Å². The fourth-order valence-electron chi connectivity index (χ4n) is 2.25. The van der Waals surface area contributed by atoms with E-state index in [2.05, 4.69) is 31.5 Å². The van der Waals surface area contributed by atoms with Gasteiger partial charge in [0, 0.05) is 37.2 Å². The van der Waals surface area contributed by atoms with Gasteiger partial charge in [0.15, 0.2) is 6.61 Å². The molecule has 1 aliphatic heterocycles. The number of piperazine rings is 1. The lowest BCUT2D eigenvalue weighted by Crippen LogP contribution is -2.44. The van der Waals surface area contributed by atoms with Crippen LogP contribution in [0.25, 0.3) is 0 Å². The number of carbonyl (C=O) groups excluding carboxylic acids is 1. The average Bonchev–Trinajstić information content (AvgIpc) is 2.52. The molecule has 22 heavy (non-hydrogen) atoms. The molecule has 0 unspecified atom stereocenters. The summed E-state index contributed by atoms with van der Waals surface area (Å²) in [5.41, 5.74) is 0. The fourth-order valence-corrected chi connectivity index (χ4v) is 2.98. The summed E-state index contributed by atoms with van der Waals surface area (Å²) in [6.07, 6.45) is 0.949. The van der Waals surface area contributed by atoms with Gasteiger partial charge in [-0.3, -0.25) is 4.79 Å². The highest BCUT2D eigenvalue weighted by Gasteiger charge is 2.09. The first-order chi connectivity index (χ1) is 10.6. The zero-order chi connectivity index (χ0) is 15.8. The van der Waals surface area contributed by atoms with Crippen molar-refractivity contribution in [3.8, 4) is 5.75 Å². The van der Waals surface area contributed by atoms with Crippen LogP contribution in [0.5, 0.6) is 5.75 Å². The van der Waals surface area contributed by atoms with Crippen molar-refractivity contribution in [1.82, 2.24) is 15.5 Å². The lowest BCUT2D eigenvalue weighted by atomic mass is 10.3. The van der Waals surface area contributed by atoms with E-state index in [0.717, 1.165) is 43.6 Å². The van der Waals surface area contributed by atoms with Crippen LogP contribution in [-0.2, 0) is 4.79 Å². The van der Waals surface area contributed by atoms with Crippen LogP contribution in [0.3, 0.4) is 0 Å². The van der Waals surface area contributed by atoms with E-state index in [0.29, 0.717) is 17.3 Å². The fraction of sp³-hybridized carbons (Fsp3) is 0.533. The van der Waals surface area contributed by atoms with Gasteiger partial charge in [0.25, 0.3) is 5.91 Å². The van der Waals surface area contributed by atoms with Crippen LogP contribution in [0.1, 0.15) is 6.42 Å². The maximum atomic E-state index is 11.7. The number of nitrogens with one attached hydrogen (secondary N) is 2.